The van der Waals surface area contributed by atoms with Gasteiger partial charge in [-0.25, -0.2) is 0 Å². The van der Waals surface area contributed by atoms with Crippen molar-refractivity contribution in [3.05, 3.63) is 60.5 Å². The highest BCUT2D eigenvalue weighted by atomic mass is 79.9. The fraction of sp³-hybridized carbons (Fsp3) is 0.0769. The Balaban J connectivity index is 2.24. The monoisotopic (exact) mass is 397 g/mol. The van der Waals surface area contributed by atoms with E-state index in [1.807, 2.05) is 12.1 Å². The van der Waals surface area contributed by atoms with E-state index < -0.39 is 0 Å². The predicted octanol–water partition coefficient (Wildman–Crippen LogP) is 6.67. The minimum Gasteiger partial charge on any atom is -0.380 e. The molecule has 0 heterocycles. The third kappa shape index (κ3) is 3.50. The van der Waals surface area contributed by atoms with E-state index in [2.05, 4.69) is 21.2 Å². The molecule has 0 aliphatic rings. The van der Waals surface area contributed by atoms with E-state index in [9.17, 15) is 0 Å². The summed E-state index contributed by atoms with van der Waals surface area (Å²) in [7, 11) is 0. The van der Waals surface area contributed by atoms with Crippen LogP contribution in [0.25, 0.3) is 0 Å². The van der Waals surface area contributed by atoms with Gasteiger partial charge in [0.1, 0.15) is 0 Å². The molecule has 0 fully saturated rings. The first kappa shape index (κ1) is 15.3. The van der Waals surface area contributed by atoms with E-state index in [-0.39, 0.29) is 0 Å². The first-order valence-electron chi connectivity index (χ1n) is 5.31. The van der Waals surface area contributed by atoms with Gasteiger partial charge in [0.2, 0.25) is 0 Å². The van der Waals surface area contributed by atoms with Gasteiger partial charge < -0.3 is 5.32 Å². The van der Waals surface area contributed by atoms with Gasteiger partial charge in [0.05, 0.1) is 25.2 Å². The molecule has 1 N–H and O–H groups in total. The van der Waals surface area contributed by atoms with Gasteiger partial charge in [-0.2, -0.15) is 0 Å². The molecule has 100 valence electrons. The predicted molar refractivity (Wildman–Crippen MR) is 88.0 cm³/mol. The van der Waals surface area contributed by atoms with Crippen molar-refractivity contribution in [2.75, 3.05) is 5.32 Å². The van der Waals surface area contributed by atoms with Crippen LogP contribution in [0.4, 0.5) is 5.69 Å². The maximum atomic E-state index is 6.14. The Bertz CT molecular complexity index is 616. The SMILES string of the molecule is Clc1ccc(Cl)c(CNc2cccc(Cl)c2Br)c1Cl. The Hall–Kier alpha value is -0.120. The number of rotatable bonds is 3. The summed E-state index contributed by atoms with van der Waals surface area (Å²) in [6.45, 7) is 0.456. The van der Waals surface area contributed by atoms with E-state index >= 15 is 0 Å². The van der Waals surface area contributed by atoms with Gasteiger partial charge in [0.25, 0.3) is 0 Å². The first-order chi connectivity index (χ1) is 9.00. The zero-order valence-electron chi connectivity index (χ0n) is 9.48. The Kier molecular flexibility index (Phi) is 5.27. The molecule has 0 amide bonds. The Morgan fingerprint density at radius 1 is 0.895 bits per heavy atom. The van der Waals surface area contributed by atoms with Crippen LogP contribution in [0.2, 0.25) is 20.1 Å². The third-order valence-electron chi connectivity index (χ3n) is 2.55. The van der Waals surface area contributed by atoms with Gasteiger partial charge in [0.15, 0.2) is 0 Å². The van der Waals surface area contributed by atoms with E-state index in [0.717, 1.165) is 15.7 Å². The summed E-state index contributed by atoms with van der Waals surface area (Å²) in [5, 5.41) is 5.36. The van der Waals surface area contributed by atoms with Crippen LogP contribution in [-0.2, 0) is 6.54 Å². The van der Waals surface area contributed by atoms with E-state index in [0.29, 0.717) is 26.6 Å². The summed E-state index contributed by atoms with van der Waals surface area (Å²) in [5.74, 6) is 0. The molecular weight excluding hydrogens is 392 g/mol. The molecule has 0 saturated carbocycles. The smallest absolute Gasteiger partial charge is 0.0657 e. The molecule has 0 aliphatic heterocycles. The Labute approximate surface area is 139 Å². The fourth-order valence-corrected chi connectivity index (χ4v) is 2.82. The van der Waals surface area contributed by atoms with E-state index in [1.54, 1.807) is 18.2 Å². The molecule has 6 heteroatoms. The summed E-state index contributed by atoms with van der Waals surface area (Å²) < 4.78 is 0.797. The van der Waals surface area contributed by atoms with Crippen molar-refractivity contribution in [3.8, 4) is 0 Å². The molecule has 0 radical (unpaired) electrons. The van der Waals surface area contributed by atoms with E-state index in [4.69, 9.17) is 46.4 Å². The van der Waals surface area contributed by atoms with Crippen molar-refractivity contribution >= 4 is 68.0 Å². The van der Waals surface area contributed by atoms with Gasteiger partial charge in [-0.15, -0.1) is 0 Å². The molecule has 2 aromatic rings. The zero-order chi connectivity index (χ0) is 14.0. The van der Waals surface area contributed by atoms with Crippen LogP contribution in [0.3, 0.4) is 0 Å². The number of hydrogen-bond acceptors (Lipinski definition) is 1. The van der Waals surface area contributed by atoms with Crippen molar-refractivity contribution in [3.63, 3.8) is 0 Å². The van der Waals surface area contributed by atoms with Crippen molar-refractivity contribution in [1.29, 1.82) is 0 Å². The molecule has 19 heavy (non-hydrogen) atoms. The summed E-state index contributed by atoms with van der Waals surface area (Å²) in [4.78, 5) is 0. The van der Waals surface area contributed by atoms with Crippen LogP contribution < -0.4 is 5.32 Å². The molecule has 2 aromatic carbocycles. The Morgan fingerprint density at radius 2 is 1.58 bits per heavy atom. The zero-order valence-corrected chi connectivity index (χ0v) is 14.1. The molecule has 0 spiro atoms. The van der Waals surface area contributed by atoms with Crippen molar-refractivity contribution in [2.45, 2.75) is 6.54 Å². The highest BCUT2D eigenvalue weighted by molar-refractivity contribution is 9.10. The number of hydrogen-bond donors (Lipinski definition) is 1. The van der Waals surface area contributed by atoms with Crippen molar-refractivity contribution in [2.24, 2.45) is 0 Å². The van der Waals surface area contributed by atoms with Gasteiger partial charge in [0, 0.05) is 17.1 Å². The van der Waals surface area contributed by atoms with Crippen LogP contribution in [0.15, 0.2) is 34.8 Å². The maximum absolute atomic E-state index is 6.14. The molecular formula is C13H8BrCl4N. The maximum Gasteiger partial charge on any atom is 0.0657 e. The number of nitrogens with one attached hydrogen (secondary N) is 1. The lowest BCUT2D eigenvalue weighted by Crippen LogP contribution is -2.02. The molecule has 0 unspecified atom stereocenters. The van der Waals surface area contributed by atoms with Crippen LogP contribution >= 0.6 is 62.3 Å². The second-order valence-corrected chi connectivity index (χ2v) is 6.17. The van der Waals surface area contributed by atoms with E-state index in [1.165, 1.54) is 0 Å². The highest BCUT2D eigenvalue weighted by Gasteiger charge is 2.10. The van der Waals surface area contributed by atoms with Gasteiger partial charge in [-0.3, -0.25) is 0 Å². The summed E-state index contributed by atoms with van der Waals surface area (Å²) in [5.41, 5.74) is 1.61. The molecule has 0 atom stereocenters. The quantitative estimate of drug-likeness (QED) is 0.568. The topological polar surface area (TPSA) is 12.0 Å². The molecule has 0 aliphatic carbocycles. The summed E-state index contributed by atoms with van der Waals surface area (Å²) >= 11 is 27.7. The lowest BCUT2D eigenvalue weighted by Gasteiger charge is -2.12. The molecule has 2 rings (SSSR count). The third-order valence-corrected chi connectivity index (χ3v) is 5.14. The molecule has 1 nitrogen and oxygen atoms in total. The van der Waals surface area contributed by atoms with Crippen LogP contribution in [-0.4, -0.2) is 0 Å². The molecule has 0 bridgehead atoms. The highest BCUT2D eigenvalue weighted by Crippen LogP contribution is 2.34. The van der Waals surface area contributed by atoms with Gasteiger partial charge >= 0.3 is 0 Å². The second-order valence-electron chi connectivity index (χ2n) is 3.78. The van der Waals surface area contributed by atoms with Gasteiger partial charge in [-0.1, -0.05) is 52.5 Å². The van der Waals surface area contributed by atoms with Crippen LogP contribution in [0.1, 0.15) is 5.56 Å². The average Bonchev–Trinajstić information content (AvgIpc) is 2.39. The summed E-state index contributed by atoms with van der Waals surface area (Å²) in [6.07, 6.45) is 0. The minimum atomic E-state index is 0.456. The van der Waals surface area contributed by atoms with Crippen LogP contribution in [0.5, 0.6) is 0 Å². The number of anilines is 1. The lowest BCUT2D eigenvalue weighted by atomic mass is 10.2. The number of benzene rings is 2. The normalized spacial score (nSPS) is 10.6. The van der Waals surface area contributed by atoms with Crippen molar-refractivity contribution < 1.29 is 0 Å². The minimum absolute atomic E-state index is 0.456. The van der Waals surface area contributed by atoms with Gasteiger partial charge in [-0.05, 0) is 40.2 Å². The number of halogens is 5. The second kappa shape index (κ2) is 6.55. The average molecular weight is 400 g/mol. The fourth-order valence-electron chi connectivity index (χ4n) is 1.56. The van der Waals surface area contributed by atoms with Crippen molar-refractivity contribution in [1.82, 2.24) is 0 Å². The molecule has 0 saturated heterocycles. The standard InChI is InChI=1S/C13H8BrCl4N/c14-12-9(16)2-1-3-11(12)19-6-7-8(15)4-5-10(17)13(7)18/h1-5,19H,6H2. The molecule has 0 aromatic heterocycles. The Morgan fingerprint density at radius 3 is 2.32 bits per heavy atom. The summed E-state index contributed by atoms with van der Waals surface area (Å²) in [6, 6.07) is 8.96. The lowest BCUT2D eigenvalue weighted by molar-refractivity contribution is 1.15. The van der Waals surface area contributed by atoms with Crippen LogP contribution in [0, 0.1) is 0 Å². The first-order valence-corrected chi connectivity index (χ1v) is 7.61. The largest absolute Gasteiger partial charge is 0.380 e.